The van der Waals surface area contributed by atoms with Crippen molar-refractivity contribution in [3.63, 3.8) is 0 Å². The molecule has 12 rings (SSSR count). The Hall–Kier alpha value is -6.70. The van der Waals surface area contributed by atoms with E-state index in [0.29, 0.717) is 0 Å². The first kappa shape index (κ1) is 28.0. The second-order valence-electron chi connectivity index (χ2n) is 14.4. The molecule has 1 aliphatic heterocycles. The van der Waals surface area contributed by atoms with Gasteiger partial charge in [0.1, 0.15) is 11.5 Å². The summed E-state index contributed by atoms with van der Waals surface area (Å²) < 4.78 is 6.42. The number of fused-ring (bicyclic) bond motifs is 13. The zero-order valence-electron chi connectivity index (χ0n) is 28.2. The predicted octanol–water partition coefficient (Wildman–Crippen LogP) is 13.4. The first-order valence-electron chi connectivity index (χ1n) is 18.1. The summed E-state index contributed by atoms with van der Waals surface area (Å²) in [6, 6.07) is 67.4. The molecule has 1 spiro atoms. The van der Waals surface area contributed by atoms with Crippen LogP contribution in [0.3, 0.4) is 0 Å². The van der Waals surface area contributed by atoms with Crippen LogP contribution in [0.5, 0.6) is 11.5 Å². The Morgan fingerprint density at radius 1 is 0.288 bits per heavy atom. The molecule has 0 amide bonds. The summed E-state index contributed by atoms with van der Waals surface area (Å²) in [6.07, 6.45) is 0. The molecule has 0 fully saturated rings. The van der Waals surface area contributed by atoms with E-state index in [9.17, 15) is 0 Å². The quantitative estimate of drug-likeness (QED) is 0.180. The summed E-state index contributed by atoms with van der Waals surface area (Å²) in [7, 11) is 0. The van der Waals surface area contributed by atoms with Crippen LogP contribution in [-0.2, 0) is 5.41 Å². The summed E-state index contributed by atoms with van der Waals surface area (Å²) >= 11 is 0. The lowest BCUT2D eigenvalue weighted by Crippen LogP contribution is -2.25. The van der Waals surface area contributed by atoms with Crippen molar-refractivity contribution in [2.75, 3.05) is 0 Å². The molecule has 0 N–H and O–H groups in total. The van der Waals surface area contributed by atoms with Gasteiger partial charge in [-0.15, -0.1) is 0 Å². The number of hydrogen-bond acceptors (Lipinski definition) is 1. The molecule has 9 aromatic carbocycles. The first-order valence-corrected chi connectivity index (χ1v) is 18.1. The summed E-state index contributed by atoms with van der Waals surface area (Å²) in [5.41, 5.74) is 17.5. The Balaban J connectivity index is 1.04. The van der Waals surface area contributed by atoms with E-state index < -0.39 is 5.41 Å². The van der Waals surface area contributed by atoms with E-state index in [-0.39, 0.29) is 0 Å². The third kappa shape index (κ3) is 3.62. The highest BCUT2D eigenvalue weighted by Crippen LogP contribution is 2.63. The van der Waals surface area contributed by atoms with Crippen LogP contribution in [0.15, 0.2) is 182 Å². The number of hydrogen-bond donors (Lipinski definition) is 0. The minimum atomic E-state index is -0.398. The molecule has 1 atom stereocenters. The third-order valence-corrected chi connectivity index (χ3v) is 11.8. The van der Waals surface area contributed by atoms with Gasteiger partial charge in [-0.05, 0) is 131 Å². The Kier molecular flexibility index (Phi) is 5.49. The van der Waals surface area contributed by atoms with Gasteiger partial charge in [-0.25, -0.2) is 0 Å². The fourth-order valence-corrected chi connectivity index (χ4v) is 9.62. The first-order chi connectivity index (χ1) is 25.8. The van der Waals surface area contributed by atoms with Crippen LogP contribution in [0.4, 0.5) is 0 Å². The molecule has 1 heteroatoms. The van der Waals surface area contributed by atoms with Crippen LogP contribution in [0.2, 0.25) is 0 Å². The standard InChI is InChI=1S/C51H30O/c1-2-11-35-29-47-42(27-34(35)10-1)39-17-4-6-20-45(39)51(47)44-19-5-3-16-38(44)40-24-22-37(30-46(40)51)33-15-7-14-32(26-33)36-23-25-48-43(28-36)41-18-8-12-31-13-9-21-49(52-48)50(31)41/h1-30H. The van der Waals surface area contributed by atoms with Crippen LogP contribution < -0.4 is 4.74 Å². The SMILES string of the molecule is c1cc(-c2ccc3c(c2)-c2cccc4cccc(c24)O3)cc(-c2ccc3c(c2)C2(c4ccccc4-3)c3ccccc3-c3cc4ccccc4cc32)c1. The molecule has 3 aliphatic rings. The lowest BCUT2D eigenvalue weighted by molar-refractivity contribution is 0.487. The van der Waals surface area contributed by atoms with Gasteiger partial charge < -0.3 is 4.74 Å². The van der Waals surface area contributed by atoms with E-state index in [1.54, 1.807) is 0 Å². The van der Waals surface area contributed by atoms with Crippen molar-refractivity contribution < 1.29 is 4.74 Å². The van der Waals surface area contributed by atoms with Crippen LogP contribution >= 0.6 is 0 Å². The summed E-state index contributed by atoms with van der Waals surface area (Å²) in [5, 5.41) is 4.93. The Morgan fingerprint density at radius 3 is 1.65 bits per heavy atom. The maximum Gasteiger partial charge on any atom is 0.135 e. The Morgan fingerprint density at radius 2 is 0.846 bits per heavy atom. The zero-order valence-corrected chi connectivity index (χ0v) is 28.2. The minimum absolute atomic E-state index is 0.398. The number of benzene rings is 9. The van der Waals surface area contributed by atoms with Gasteiger partial charge in [-0.1, -0.05) is 140 Å². The molecular weight excluding hydrogens is 629 g/mol. The van der Waals surface area contributed by atoms with Crippen molar-refractivity contribution >= 4 is 21.5 Å². The lowest BCUT2D eigenvalue weighted by Gasteiger charge is -2.31. The van der Waals surface area contributed by atoms with E-state index in [0.717, 1.165) is 17.1 Å². The molecule has 1 unspecified atom stereocenters. The van der Waals surface area contributed by atoms with Crippen LogP contribution in [-0.4, -0.2) is 0 Å². The second kappa shape index (κ2) is 10.2. The largest absolute Gasteiger partial charge is 0.456 e. The van der Waals surface area contributed by atoms with Gasteiger partial charge in [0.15, 0.2) is 0 Å². The number of ether oxygens (including phenoxy) is 1. The molecule has 0 saturated carbocycles. The Labute approximate surface area is 302 Å². The maximum atomic E-state index is 6.42. The van der Waals surface area contributed by atoms with Crippen LogP contribution in [0.25, 0.3) is 77.2 Å². The van der Waals surface area contributed by atoms with Crippen molar-refractivity contribution in [3.8, 4) is 67.1 Å². The average molecular weight is 659 g/mol. The molecule has 0 aromatic heterocycles. The highest BCUT2D eigenvalue weighted by atomic mass is 16.5. The van der Waals surface area contributed by atoms with Crippen LogP contribution in [0.1, 0.15) is 22.3 Å². The second-order valence-corrected chi connectivity index (χ2v) is 14.4. The van der Waals surface area contributed by atoms with Crippen LogP contribution in [0, 0.1) is 0 Å². The summed E-state index contributed by atoms with van der Waals surface area (Å²) in [4.78, 5) is 0. The van der Waals surface area contributed by atoms with E-state index in [1.807, 2.05) is 0 Å². The number of rotatable bonds is 2. The smallest absolute Gasteiger partial charge is 0.135 e. The van der Waals surface area contributed by atoms with Gasteiger partial charge in [0.25, 0.3) is 0 Å². The molecule has 240 valence electrons. The lowest BCUT2D eigenvalue weighted by atomic mass is 9.70. The highest BCUT2D eigenvalue weighted by molar-refractivity contribution is 6.05. The van der Waals surface area contributed by atoms with Crippen molar-refractivity contribution in [2.45, 2.75) is 5.41 Å². The van der Waals surface area contributed by atoms with E-state index in [1.165, 1.54) is 93.9 Å². The molecule has 2 aliphatic carbocycles. The van der Waals surface area contributed by atoms with Gasteiger partial charge in [-0.2, -0.15) is 0 Å². The molecule has 0 radical (unpaired) electrons. The topological polar surface area (TPSA) is 9.23 Å². The minimum Gasteiger partial charge on any atom is -0.456 e. The molecule has 1 heterocycles. The predicted molar refractivity (Wildman–Crippen MR) is 214 cm³/mol. The van der Waals surface area contributed by atoms with Gasteiger partial charge in [0, 0.05) is 10.9 Å². The van der Waals surface area contributed by atoms with Gasteiger partial charge >= 0.3 is 0 Å². The fraction of sp³-hybridized carbons (Fsp3) is 0.0196. The highest BCUT2D eigenvalue weighted by Gasteiger charge is 2.51. The van der Waals surface area contributed by atoms with Crippen molar-refractivity contribution in [1.29, 1.82) is 0 Å². The van der Waals surface area contributed by atoms with Crippen molar-refractivity contribution in [1.82, 2.24) is 0 Å². The van der Waals surface area contributed by atoms with Crippen molar-refractivity contribution in [2.24, 2.45) is 0 Å². The van der Waals surface area contributed by atoms with Gasteiger partial charge in [0.05, 0.1) is 5.41 Å². The summed E-state index contributed by atoms with van der Waals surface area (Å²) in [5.74, 6) is 1.83. The monoisotopic (exact) mass is 658 g/mol. The molecule has 0 saturated heterocycles. The van der Waals surface area contributed by atoms with Gasteiger partial charge in [0.2, 0.25) is 0 Å². The fourth-order valence-electron chi connectivity index (χ4n) is 9.62. The molecule has 9 aromatic rings. The molecule has 1 nitrogen and oxygen atoms in total. The Bertz CT molecular complexity index is 3000. The molecule has 52 heavy (non-hydrogen) atoms. The maximum absolute atomic E-state index is 6.42. The zero-order chi connectivity index (χ0) is 34.0. The summed E-state index contributed by atoms with van der Waals surface area (Å²) in [6.45, 7) is 0. The van der Waals surface area contributed by atoms with E-state index in [2.05, 4.69) is 182 Å². The third-order valence-electron chi connectivity index (χ3n) is 11.8. The van der Waals surface area contributed by atoms with E-state index in [4.69, 9.17) is 4.74 Å². The van der Waals surface area contributed by atoms with Gasteiger partial charge in [-0.3, -0.25) is 0 Å². The average Bonchev–Trinajstić information content (AvgIpc) is 3.66. The molecular formula is C51H30O. The van der Waals surface area contributed by atoms with Crippen molar-refractivity contribution in [3.05, 3.63) is 204 Å². The van der Waals surface area contributed by atoms with E-state index >= 15 is 0 Å². The normalized spacial score (nSPS) is 15.5. The molecule has 0 bridgehead atoms.